The summed E-state index contributed by atoms with van der Waals surface area (Å²) in [6, 6.07) is 1.37. The highest BCUT2D eigenvalue weighted by Crippen LogP contribution is 2.25. The van der Waals surface area contributed by atoms with E-state index in [9.17, 15) is 0 Å². The lowest BCUT2D eigenvalue weighted by Gasteiger charge is -2.43. The van der Waals surface area contributed by atoms with Crippen molar-refractivity contribution in [2.24, 2.45) is 5.92 Å². The first-order chi connectivity index (χ1) is 6.44. The fourth-order valence-corrected chi connectivity index (χ4v) is 2.51. The molecule has 1 heterocycles. The third kappa shape index (κ3) is 3.25. The van der Waals surface area contributed by atoms with Gasteiger partial charge in [0.15, 0.2) is 0 Å². The average molecular weight is 198 g/mol. The molecule has 2 unspecified atom stereocenters. The molecule has 1 saturated heterocycles. The molecule has 1 rings (SSSR count). The summed E-state index contributed by atoms with van der Waals surface area (Å²) in [6.07, 6.45) is 2.51. The summed E-state index contributed by atoms with van der Waals surface area (Å²) in [6.45, 7) is 12.5. The average Bonchev–Trinajstić information content (AvgIpc) is 2.01. The summed E-state index contributed by atoms with van der Waals surface area (Å²) in [5, 5.41) is 7.33. The molecule has 0 aromatic heterocycles. The van der Waals surface area contributed by atoms with Crippen LogP contribution in [0.4, 0.5) is 0 Å². The van der Waals surface area contributed by atoms with Crippen LogP contribution in [0.2, 0.25) is 0 Å². The third-order valence-corrected chi connectivity index (χ3v) is 3.17. The molecule has 1 fully saturated rings. The smallest absolute Gasteiger partial charge is 0.0142 e. The van der Waals surface area contributed by atoms with E-state index >= 15 is 0 Å². The van der Waals surface area contributed by atoms with Gasteiger partial charge in [0.2, 0.25) is 0 Å². The summed E-state index contributed by atoms with van der Waals surface area (Å²) in [7, 11) is 0. The molecule has 0 amide bonds. The van der Waals surface area contributed by atoms with Gasteiger partial charge in [-0.1, -0.05) is 20.8 Å². The van der Waals surface area contributed by atoms with Gasteiger partial charge in [-0.3, -0.25) is 0 Å². The lowest BCUT2D eigenvalue weighted by molar-refractivity contribution is 0.171. The summed E-state index contributed by atoms with van der Waals surface area (Å²) >= 11 is 0. The summed E-state index contributed by atoms with van der Waals surface area (Å²) in [5.41, 5.74) is 0.292. The maximum Gasteiger partial charge on any atom is 0.0142 e. The van der Waals surface area contributed by atoms with Crippen LogP contribution in [0.15, 0.2) is 0 Å². The van der Waals surface area contributed by atoms with Gasteiger partial charge in [0.25, 0.3) is 0 Å². The molecule has 0 radical (unpaired) electrons. The Balaban J connectivity index is 2.57. The van der Waals surface area contributed by atoms with E-state index < -0.39 is 0 Å². The maximum atomic E-state index is 3.74. The first-order valence-corrected chi connectivity index (χ1v) is 5.95. The zero-order valence-electron chi connectivity index (χ0n) is 10.4. The van der Waals surface area contributed by atoms with E-state index in [0.717, 1.165) is 12.5 Å². The molecule has 0 aromatic carbocycles. The van der Waals surface area contributed by atoms with Gasteiger partial charge in [0, 0.05) is 17.6 Å². The third-order valence-electron chi connectivity index (χ3n) is 3.17. The largest absolute Gasteiger partial charge is 0.314 e. The van der Waals surface area contributed by atoms with E-state index in [1.165, 1.54) is 12.8 Å². The van der Waals surface area contributed by atoms with Crippen molar-refractivity contribution in [3.8, 4) is 0 Å². The number of piperidine rings is 1. The fraction of sp³-hybridized carbons (Fsp3) is 1.00. The topological polar surface area (TPSA) is 24.1 Å². The minimum absolute atomic E-state index is 0.292. The van der Waals surface area contributed by atoms with Gasteiger partial charge < -0.3 is 10.6 Å². The summed E-state index contributed by atoms with van der Waals surface area (Å²) in [5.74, 6) is 0.732. The quantitative estimate of drug-likeness (QED) is 0.726. The van der Waals surface area contributed by atoms with Crippen LogP contribution in [0, 0.1) is 5.92 Å². The van der Waals surface area contributed by atoms with Gasteiger partial charge in [-0.15, -0.1) is 0 Å². The summed E-state index contributed by atoms with van der Waals surface area (Å²) < 4.78 is 0. The van der Waals surface area contributed by atoms with E-state index in [-0.39, 0.29) is 0 Å². The molecule has 0 saturated carbocycles. The van der Waals surface area contributed by atoms with Crippen LogP contribution in [0.25, 0.3) is 0 Å². The number of hydrogen-bond acceptors (Lipinski definition) is 2. The highest BCUT2D eigenvalue weighted by Gasteiger charge is 2.33. The number of hydrogen-bond donors (Lipinski definition) is 2. The Kier molecular flexibility index (Phi) is 3.96. The van der Waals surface area contributed by atoms with E-state index in [0.29, 0.717) is 17.6 Å². The molecule has 14 heavy (non-hydrogen) atoms. The molecule has 2 N–H and O–H groups in total. The predicted molar refractivity (Wildman–Crippen MR) is 62.5 cm³/mol. The maximum absolute atomic E-state index is 3.74. The van der Waals surface area contributed by atoms with Crippen LogP contribution in [0.5, 0.6) is 0 Å². The van der Waals surface area contributed by atoms with Crippen molar-refractivity contribution >= 4 is 0 Å². The highest BCUT2D eigenvalue weighted by atomic mass is 15.1. The van der Waals surface area contributed by atoms with Crippen LogP contribution in [-0.2, 0) is 0 Å². The van der Waals surface area contributed by atoms with Crippen LogP contribution in [0.1, 0.15) is 47.5 Å². The van der Waals surface area contributed by atoms with Crippen molar-refractivity contribution in [2.45, 2.75) is 65.1 Å². The normalized spacial score (nSPS) is 32.1. The summed E-state index contributed by atoms with van der Waals surface area (Å²) in [4.78, 5) is 0. The van der Waals surface area contributed by atoms with Gasteiger partial charge >= 0.3 is 0 Å². The predicted octanol–water partition coefficient (Wildman–Crippen LogP) is 2.15. The second kappa shape index (κ2) is 4.63. The number of nitrogens with one attached hydrogen (secondary N) is 2. The van der Waals surface area contributed by atoms with E-state index in [4.69, 9.17) is 0 Å². The van der Waals surface area contributed by atoms with Crippen LogP contribution < -0.4 is 10.6 Å². The molecule has 0 aromatic rings. The van der Waals surface area contributed by atoms with Gasteiger partial charge in [0.05, 0.1) is 0 Å². The first-order valence-electron chi connectivity index (χ1n) is 5.95. The van der Waals surface area contributed by atoms with E-state index in [2.05, 4.69) is 45.3 Å². The van der Waals surface area contributed by atoms with Crippen molar-refractivity contribution in [2.75, 3.05) is 6.54 Å². The van der Waals surface area contributed by atoms with Crippen LogP contribution in [-0.4, -0.2) is 24.2 Å². The zero-order valence-corrected chi connectivity index (χ0v) is 10.4. The van der Waals surface area contributed by atoms with Crippen molar-refractivity contribution < 1.29 is 0 Å². The van der Waals surface area contributed by atoms with Gasteiger partial charge in [-0.2, -0.15) is 0 Å². The SMILES string of the molecule is CCNC1CC(C(C)C)NC(C)(C)C1. The lowest BCUT2D eigenvalue weighted by Crippen LogP contribution is -2.58. The second-order valence-electron chi connectivity index (χ2n) is 5.57. The molecule has 1 aliphatic rings. The van der Waals surface area contributed by atoms with E-state index in [1.807, 2.05) is 0 Å². The highest BCUT2D eigenvalue weighted by molar-refractivity contribution is 4.95. The van der Waals surface area contributed by atoms with E-state index in [1.54, 1.807) is 0 Å². The van der Waals surface area contributed by atoms with Crippen molar-refractivity contribution in [1.82, 2.24) is 10.6 Å². The van der Waals surface area contributed by atoms with Crippen LogP contribution in [0.3, 0.4) is 0 Å². The monoisotopic (exact) mass is 198 g/mol. The Morgan fingerprint density at radius 2 is 2.07 bits per heavy atom. The van der Waals surface area contributed by atoms with Crippen molar-refractivity contribution in [1.29, 1.82) is 0 Å². The molecular weight excluding hydrogens is 172 g/mol. The van der Waals surface area contributed by atoms with Gasteiger partial charge in [0.1, 0.15) is 0 Å². The molecule has 0 spiro atoms. The first kappa shape index (κ1) is 12.0. The van der Waals surface area contributed by atoms with Crippen molar-refractivity contribution in [3.05, 3.63) is 0 Å². The molecule has 1 aliphatic heterocycles. The Hall–Kier alpha value is -0.0800. The van der Waals surface area contributed by atoms with Gasteiger partial charge in [-0.25, -0.2) is 0 Å². The Morgan fingerprint density at radius 1 is 1.43 bits per heavy atom. The van der Waals surface area contributed by atoms with Crippen LogP contribution >= 0.6 is 0 Å². The molecule has 0 bridgehead atoms. The minimum Gasteiger partial charge on any atom is -0.314 e. The zero-order chi connectivity index (χ0) is 10.8. The molecular formula is C12H26N2. The fourth-order valence-electron chi connectivity index (χ4n) is 2.51. The molecule has 2 nitrogen and oxygen atoms in total. The van der Waals surface area contributed by atoms with Crippen molar-refractivity contribution in [3.63, 3.8) is 0 Å². The molecule has 0 aliphatic carbocycles. The second-order valence-corrected chi connectivity index (χ2v) is 5.57. The molecule has 2 heteroatoms. The Labute approximate surface area is 88.8 Å². The molecule has 84 valence electrons. The minimum atomic E-state index is 0.292. The Bertz CT molecular complexity index is 175. The lowest BCUT2D eigenvalue weighted by atomic mass is 9.82. The number of rotatable bonds is 3. The Morgan fingerprint density at radius 3 is 2.57 bits per heavy atom. The van der Waals surface area contributed by atoms with Gasteiger partial charge in [-0.05, 0) is 39.2 Å². The molecule has 2 atom stereocenters. The standard InChI is InChI=1S/C12H26N2/c1-6-13-10-7-11(9(2)3)14-12(4,5)8-10/h9-11,13-14H,6-8H2,1-5H3.